The minimum Gasteiger partial charge on any atom is -0.491 e. The van der Waals surface area contributed by atoms with E-state index in [9.17, 15) is 9.59 Å². The van der Waals surface area contributed by atoms with Crippen molar-refractivity contribution in [3.05, 3.63) is 59.7 Å². The van der Waals surface area contributed by atoms with Crippen molar-refractivity contribution in [2.45, 2.75) is 37.0 Å². The zero-order valence-corrected chi connectivity index (χ0v) is 15.9. The highest BCUT2D eigenvalue weighted by atomic mass is 32.2. The molecule has 2 rings (SSSR count). The Morgan fingerprint density at radius 3 is 2.58 bits per heavy atom. The number of carbonyl (C=O) groups is 2. The third kappa shape index (κ3) is 5.81. The summed E-state index contributed by atoms with van der Waals surface area (Å²) in [6.07, 6.45) is 0. The first-order chi connectivity index (χ1) is 12.4. The number of carbonyl (C=O) groups excluding carboxylic acids is 1. The van der Waals surface area contributed by atoms with Crippen molar-refractivity contribution >= 4 is 23.6 Å². The van der Waals surface area contributed by atoms with E-state index in [0.29, 0.717) is 17.1 Å². The van der Waals surface area contributed by atoms with Gasteiger partial charge in [0, 0.05) is 4.90 Å². The summed E-state index contributed by atoms with van der Waals surface area (Å²) < 4.78 is 5.71. The van der Waals surface area contributed by atoms with E-state index in [2.05, 4.69) is 5.32 Å². The van der Waals surface area contributed by atoms with E-state index in [1.165, 1.54) is 0 Å². The highest BCUT2D eigenvalue weighted by Gasteiger charge is 2.18. The van der Waals surface area contributed by atoms with Crippen molar-refractivity contribution < 1.29 is 19.4 Å². The molecule has 0 fully saturated rings. The van der Waals surface area contributed by atoms with Crippen molar-refractivity contribution in [1.82, 2.24) is 5.32 Å². The summed E-state index contributed by atoms with van der Waals surface area (Å²) in [6, 6.07) is 14.5. The van der Waals surface area contributed by atoms with Gasteiger partial charge in [0.25, 0.3) is 5.91 Å². The average molecular weight is 373 g/mol. The molecule has 138 valence electrons. The van der Waals surface area contributed by atoms with Gasteiger partial charge in [-0.15, -0.1) is 11.8 Å². The number of benzene rings is 2. The predicted octanol–water partition coefficient (Wildman–Crippen LogP) is 3.76. The number of amides is 1. The van der Waals surface area contributed by atoms with Gasteiger partial charge in [0.15, 0.2) is 0 Å². The van der Waals surface area contributed by atoms with E-state index in [1.54, 1.807) is 31.2 Å². The fraction of sp³-hybridized carbons (Fsp3) is 0.300. The van der Waals surface area contributed by atoms with Crippen LogP contribution in [0.3, 0.4) is 0 Å². The largest absolute Gasteiger partial charge is 0.491 e. The van der Waals surface area contributed by atoms with Crippen LogP contribution >= 0.6 is 11.8 Å². The molecule has 0 radical (unpaired) electrons. The monoisotopic (exact) mass is 373 g/mol. The molecule has 2 N–H and O–H groups in total. The normalized spacial score (nSPS) is 12.9. The van der Waals surface area contributed by atoms with Crippen molar-refractivity contribution in [3.63, 3.8) is 0 Å². The van der Waals surface area contributed by atoms with Crippen LogP contribution in [0.4, 0.5) is 0 Å². The molecule has 0 aliphatic carbocycles. The van der Waals surface area contributed by atoms with Crippen molar-refractivity contribution in [3.8, 4) is 5.75 Å². The van der Waals surface area contributed by atoms with Gasteiger partial charge in [-0.05, 0) is 50.6 Å². The van der Waals surface area contributed by atoms with Crippen LogP contribution in [0, 0.1) is 6.92 Å². The van der Waals surface area contributed by atoms with Gasteiger partial charge in [0.2, 0.25) is 0 Å². The SMILES string of the molecule is Cc1cccc(OCC(C)NC(=O)c2ccccc2SC(C)C(=O)O)c1. The standard InChI is InChI=1S/C20H23NO4S/c1-13-7-6-8-16(11-13)25-12-14(2)21-19(22)17-9-4-5-10-18(17)26-15(3)20(23)24/h4-11,14-15H,12H2,1-3H3,(H,21,22)(H,23,24). The second-order valence-electron chi connectivity index (χ2n) is 6.10. The minimum atomic E-state index is -0.912. The van der Waals surface area contributed by atoms with Crippen molar-refractivity contribution in [2.24, 2.45) is 0 Å². The number of thioether (sulfide) groups is 1. The van der Waals surface area contributed by atoms with Gasteiger partial charge in [0.1, 0.15) is 17.6 Å². The molecule has 2 aromatic carbocycles. The molecule has 0 aliphatic rings. The van der Waals surface area contributed by atoms with Gasteiger partial charge in [-0.25, -0.2) is 0 Å². The van der Waals surface area contributed by atoms with E-state index in [-0.39, 0.29) is 11.9 Å². The zero-order chi connectivity index (χ0) is 19.1. The summed E-state index contributed by atoms with van der Waals surface area (Å²) in [5, 5.41) is 11.3. The Balaban J connectivity index is 1.97. The summed E-state index contributed by atoms with van der Waals surface area (Å²) >= 11 is 1.15. The first-order valence-electron chi connectivity index (χ1n) is 8.35. The Bertz CT molecular complexity index is 778. The Labute approximate surface area is 157 Å². The highest BCUT2D eigenvalue weighted by Crippen LogP contribution is 2.27. The summed E-state index contributed by atoms with van der Waals surface area (Å²) in [4.78, 5) is 24.3. The van der Waals surface area contributed by atoms with E-state index >= 15 is 0 Å². The number of aliphatic carboxylic acids is 1. The third-order valence-electron chi connectivity index (χ3n) is 3.65. The number of aryl methyl sites for hydroxylation is 1. The van der Waals surface area contributed by atoms with Crippen LogP contribution in [0.25, 0.3) is 0 Å². The molecule has 2 unspecified atom stereocenters. The molecular formula is C20H23NO4S. The second-order valence-corrected chi connectivity index (χ2v) is 7.48. The summed E-state index contributed by atoms with van der Waals surface area (Å²) in [6.45, 7) is 5.80. The van der Waals surface area contributed by atoms with Gasteiger partial charge >= 0.3 is 5.97 Å². The van der Waals surface area contributed by atoms with Crippen LogP contribution in [0.5, 0.6) is 5.75 Å². The zero-order valence-electron chi connectivity index (χ0n) is 15.1. The number of hydrogen-bond acceptors (Lipinski definition) is 4. The maximum absolute atomic E-state index is 12.6. The molecule has 2 atom stereocenters. The van der Waals surface area contributed by atoms with Gasteiger partial charge < -0.3 is 15.2 Å². The van der Waals surface area contributed by atoms with E-state index < -0.39 is 11.2 Å². The first kappa shape index (κ1) is 19.8. The Hall–Kier alpha value is -2.47. The van der Waals surface area contributed by atoms with E-state index in [0.717, 1.165) is 23.1 Å². The number of hydrogen-bond donors (Lipinski definition) is 2. The van der Waals surface area contributed by atoms with Crippen LogP contribution in [-0.2, 0) is 4.79 Å². The lowest BCUT2D eigenvalue weighted by Gasteiger charge is -2.17. The fourth-order valence-corrected chi connectivity index (χ4v) is 3.19. The topological polar surface area (TPSA) is 75.6 Å². The average Bonchev–Trinajstić information content (AvgIpc) is 2.60. The lowest BCUT2D eigenvalue weighted by molar-refractivity contribution is -0.136. The van der Waals surface area contributed by atoms with E-state index in [4.69, 9.17) is 9.84 Å². The van der Waals surface area contributed by atoms with Crippen LogP contribution in [-0.4, -0.2) is 34.9 Å². The number of ether oxygens (including phenoxy) is 1. The molecule has 0 saturated heterocycles. The summed E-state index contributed by atoms with van der Waals surface area (Å²) in [5.74, 6) is -0.395. The van der Waals surface area contributed by atoms with Crippen LogP contribution in [0.2, 0.25) is 0 Å². The molecule has 2 aromatic rings. The Morgan fingerprint density at radius 1 is 1.15 bits per heavy atom. The number of nitrogens with one attached hydrogen (secondary N) is 1. The molecule has 0 bridgehead atoms. The van der Waals surface area contributed by atoms with Crippen LogP contribution < -0.4 is 10.1 Å². The van der Waals surface area contributed by atoms with Crippen molar-refractivity contribution in [1.29, 1.82) is 0 Å². The molecule has 0 spiro atoms. The first-order valence-corrected chi connectivity index (χ1v) is 9.23. The molecule has 26 heavy (non-hydrogen) atoms. The summed E-state index contributed by atoms with van der Waals surface area (Å²) in [5.41, 5.74) is 1.57. The number of carboxylic acids is 1. The smallest absolute Gasteiger partial charge is 0.316 e. The van der Waals surface area contributed by atoms with Gasteiger partial charge in [-0.2, -0.15) is 0 Å². The van der Waals surface area contributed by atoms with Crippen LogP contribution in [0.1, 0.15) is 29.8 Å². The predicted molar refractivity (Wildman–Crippen MR) is 103 cm³/mol. The molecule has 5 nitrogen and oxygen atoms in total. The van der Waals surface area contributed by atoms with Gasteiger partial charge in [-0.1, -0.05) is 24.3 Å². The maximum Gasteiger partial charge on any atom is 0.316 e. The molecule has 0 heterocycles. The highest BCUT2D eigenvalue weighted by molar-refractivity contribution is 8.00. The minimum absolute atomic E-state index is 0.196. The summed E-state index contributed by atoms with van der Waals surface area (Å²) in [7, 11) is 0. The Kier molecular flexibility index (Phi) is 7.09. The van der Waals surface area contributed by atoms with Crippen LogP contribution in [0.15, 0.2) is 53.4 Å². The molecule has 0 aliphatic heterocycles. The second kappa shape index (κ2) is 9.29. The van der Waals surface area contributed by atoms with Gasteiger partial charge in [-0.3, -0.25) is 9.59 Å². The fourth-order valence-electron chi connectivity index (χ4n) is 2.27. The molecule has 1 amide bonds. The lowest BCUT2D eigenvalue weighted by atomic mass is 10.2. The molecule has 6 heteroatoms. The third-order valence-corrected chi connectivity index (χ3v) is 4.82. The number of rotatable bonds is 8. The molecule has 0 aromatic heterocycles. The van der Waals surface area contributed by atoms with E-state index in [1.807, 2.05) is 38.1 Å². The lowest BCUT2D eigenvalue weighted by Crippen LogP contribution is -2.37. The number of carboxylic acid groups (broad SMARTS) is 1. The van der Waals surface area contributed by atoms with Crippen molar-refractivity contribution in [2.75, 3.05) is 6.61 Å². The molecule has 0 saturated carbocycles. The van der Waals surface area contributed by atoms with Gasteiger partial charge in [0.05, 0.1) is 11.6 Å². The Morgan fingerprint density at radius 2 is 1.88 bits per heavy atom. The maximum atomic E-state index is 12.6. The quantitative estimate of drug-likeness (QED) is 0.689. The molecular weight excluding hydrogens is 350 g/mol.